The van der Waals surface area contributed by atoms with E-state index in [-0.39, 0.29) is 29.9 Å². The van der Waals surface area contributed by atoms with Gasteiger partial charge in [-0.1, -0.05) is 30.3 Å². The quantitative estimate of drug-likeness (QED) is 0.655. The van der Waals surface area contributed by atoms with Crippen molar-refractivity contribution >= 4 is 15.9 Å². The van der Waals surface area contributed by atoms with E-state index in [2.05, 4.69) is 10.1 Å². The average Bonchev–Trinajstić information content (AvgIpc) is 3.58. The smallest absolute Gasteiger partial charge is 0.406 e. The number of nitrogens with one attached hydrogen (secondary N) is 1. The van der Waals surface area contributed by atoms with Crippen LogP contribution in [0.25, 0.3) is 0 Å². The molecule has 0 spiro atoms. The maximum atomic E-state index is 13.0. The van der Waals surface area contributed by atoms with E-state index in [1.54, 1.807) is 0 Å². The van der Waals surface area contributed by atoms with Gasteiger partial charge in [0.05, 0.1) is 4.90 Å². The lowest BCUT2D eigenvalue weighted by molar-refractivity contribution is -0.274. The molecule has 2 aliphatic rings. The molecule has 1 atom stereocenters. The minimum Gasteiger partial charge on any atom is -0.406 e. The summed E-state index contributed by atoms with van der Waals surface area (Å²) in [5.74, 6) is -0.584. The Hall–Kier alpha value is -2.63. The molecule has 2 aromatic carbocycles. The molecular formula is C22H24F3N3O4S. The van der Waals surface area contributed by atoms with Gasteiger partial charge in [-0.15, -0.1) is 13.2 Å². The van der Waals surface area contributed by atoms with E-state index >= 15 is 0 Å². The van der Waals surface area contributed by atoms with Crippen LogP contribution in [-0.2, 0) is 14.8 Å². The SMILES string of the molecule is O=C(NC1CC1)[C@H](c1ccccc1)N1CCN(S(=O)(=O)c2ccc(OC(F)(F)F)cc2)CC1. The number of nitrogens with zero attached hydrogens (tertiary/aromatic N) is 2. The fourth-order valence-corrected chi connectivity index (χ4v) is 5.26. The molecule has 33 heavy (non-hydrogen) atoms. The number of sulfonamides is 1. The van der Waals surface area contributed by atoms with Gasteiger partial charge >= 0.3 is 6.36 Å². The van der Waals surface area contributed by atoms with Crippen LogP contribution < -0.4 is 10.1 Å². The van der Waals surface area contributed by atoms with E-state index in [0.717, 1.165) is 42.7 Å². The molecule has 1 amide bonds. The number of amides is 1. The summed E-state index contributed by atoms with van der Waals surface area (Å²) in [5, 5.41) is 3.03. The summed E-state index contributed by atoms with van der Waals surface area (Å²) in [7, 11) is -3.90. The van der Waals surface area contributed by atoms with Crippen LogP contribution >= 0.6 is 0 Å². The van der Waals surface area contributed by atoms with E-state index in [4.69, 9.17) is 0 Å². The molecule has 0 unspecified atom stereocenters. The van der Waals surface area contributed by atoms with E-state index in [0.29, 0.717) is 13.1 Å². The summed E-state index contributed by atoms with van der Waals surface area (Å²) in [5.41, 5.74) is 0.840. The van der Waals surface area contributed by atoms with Gasteiger partial charge in [0.1, 0.15) is 11.8 Å². The second kappa shape index (κ2) is 9.32. The Bertz CT molecular complexity index is 1070. The number of rotatable bonds is 7. The molecule has 1 saturated heterocycles. The molecule has 7 nitrogen and oxygen atoms in total. The summed E-state index contributed by atoms with van der Waals surface area (Å²) < 4.78 is 68.1. The maximum absolute atomic E-state index is 13.0. The summed E-state index contributed by atoms with van der Waals surface area (Å²) in [6, 6.07) is 13.2. The summed E-state index contributed by atoms with van der Waals surface area (Å²) >= 11 is 0. The Kier molecular flexibility index (Phi) is 6.64. The lowest BCUT2D eigenvalue weighted by Crippen LogP contribution is -2.52. The van der Waals surface area contributed by atoms with Crippen LogP contribution in [0.2, 0.25) is 0 Å². The summed E-state index contributed by atoms with van der Waals surface area (Å²) in [6.45, 7) is 0.991. The molecule has 1 heterocycles. The molecule has 1 aliphatic carbocycles. The fourth-order valence-electron chi connectivity index (χ4n) is 3.84. The van der Waals surface area contributed by atoms with Crippen LogP contribution in [-0.4, -0.2) is 62.1 Å². The first-order valence-corrected chi connectivity index (χ1v) is 12.0. The van der Waals surface area contributed by atoms with Crippen molar-refractivity contribution in [1.82, 2.24) is 14.5 Å². The van der Waals surface area contributed by atoms with Crippen molar-refractivity contribution in [3.05, 3.63) is 60.2 Å². The average molecular weight is 484 g/mol. The standard InChI is InChI=1S/C22H24F3N3O4S/c23-22(24,25)32-18-8-10-19(11-9-18)33(30,31)28-14-12-27(13-15-28)20(16-4-2-1-3-5-16)21(29)26-17-6-7-17/h1-5,8-11,17,20H,6-7,12-15H2,(H,26,29)/t20-/m0/s1. The molecule has 1 aliphatic heterocycles. The molecule has 0 radical (unpaired) electrons. The predicted octanol–water partition coefficient (Wildman–Crippen LogP) is 2.91. The molecule has 0 aromatic heterocycles. The summed E-state index contributed by atoms with van der Waals surface area (Å²) in [6.07, 6.45) is -2.92. The van der Waals surface area contributed by atoms with Gasteiger partial charge in [-0.3, -0.25) is 9.69 Å². The van der Waals surface area contributed by atoms with Crippen molar-refractivity contribution in [3.8, 4) is 5.75 Å². The highest BCUT2D eigenvalue weighted by atomic mass is 32.2. The van der Waals surface area contributed by atoms with Crippen molar-refractivity contribution in [2.75, 3.05) is 26.2 Å². The second-order valence-electron chi connectivity index (χ2n) is 8.06. The van der Waals surface area contributed by atoms with Crippen LogP contribution in [0.4, 0.5) is 13.2 Å². The lowest BCUT2D eigenvalue weighted by Gasteiger charge is -2.38. The van der Waals surface area contributed by atoms with Gasteiger partial charge in [-0.2, -0.15) is 4.31 Å². The maximum Gasteiger partial charge on any atom is 0.573 e. The Morgan fingerprint density at radius 3 is 2.12 bits per heavy atom. The van der Waals surface area contributed by atoms with E-state index < -0.39 is 28.2 Å². The molecular weight excluding hydrogens is 459 g/mol. The third kappa shape index (κ3) is 5.84. The van der Waals surface area contributed by atoms with Crippen LogP contribution in [0, 0.1) is 0 Å². The second-order valence-corrected chi connectivity index (χ2v) is 9.99. The molecule has 0 bridgehead atoms. The minimum absolute atomic E-state index is 0.0970. The molecule has 2 fully saturated rings. The third-order valence-electron chi connectivity index (χ3n) is 5.62. The largest absolute Gasteiger partial charge is 0.573 e. The van der Waals surface area contributed by atoms with E-state index in [1.165, 1.54) is 4.31 Å². The van der Waals surface area contributed by atoms with Crippen LogP contribution in [0.15, 0.2) is 59.5 Å². The van der Waals surface area contributed by atoms with Gasteiger partial charge in [0.2, 0.25) is 15.9 Å². The number of halogens is 3. The van der Waals surface area contributed by atoms with Gasteiger partial charge in [0.15, 0.2) is 0 Å². The fraction of sp³-hybridized carbons (Fsp3) is 0.409. The zero-order chi connectivity index (χ0) is 23.6. The molecule has 178 valence electrons. The number of carbonyl (C=O) groups is 1. The monoisotopic (exact) mass is 483 g/mol. The van der Waals surface area contributed by atoms with Crippen molar-refractivity contribution in [1.29, 1.82) is 0 Å². The Labute approximate surface area is 190 Å². The van der Waals surface area contributed by atoms with Crippen LogP contribution in [0.5, 0.6) is 5.75 Å². The molecule has 1 N–H and O–H groups in total. The van der Waals surface area contributed by atoms with Crippen molar-refractivity contribution in [2.24, 2.45) is 0 Å². The summed E-state index contributed by atoms with van der Waals surface area (Å²) in [4.78, 5) is 14.8. The Morgan fingerprint density at radius 1 is 0.970 bits per heavy atom. The van der Waals surface area contributed by atoms with E-state index in [1.807, 2.05) is 35.2 Å². The van der Waals surface area contributed by atoms with Gasteiger partial charge in [-0.25, -0.2) is 8.42 Å². The molecule has 11 heteroatoms. The molecule has 1 saturated carbocycles. The van der Waals surface area contributed by atoms with Crippen molar-refractivity contribution < 1.29 is 31.1 Å². The first-order chi connectivity index (χ1) is 15.6. The highest BCUT2D eigenvalue weighted by Gasteiger charge is 2.36. The van der Waals surface area contributed by atoms with E-state index in [9.17, 15) is 26.4 Å². The number of hydrogen-bond acceptors (Lipinski definition) is 5. The van der Waals surface area contributed by atoms with Crippen molar-refractivity contribution in [3.63, 3.8) is 0 Å². The zero-order valence-corrected chi connectivity index (χ0v) is 18.5. The number of piperazine rings is 1. The molecule has 2 aromatic rings. The topological polar surface area (TPSA) is 79.0 Å². The highest BCUT2D eigenvalue weighted by molar-refractivity contribution is 7.89. The van der Waals surface area contributed by atoms with Crippen LogP contribution in [0.3, 0.4) is 0 Å². The number of carbonyl (C=O) groups excluding carboxylic acids is 1. The van der Waals surface area contributed by atoms with Gasteiger partial charge < -0.3 is 10.1 Å². The molecule has 4 rings (SSSR count). The minimum atomic E-state index is -4.85. The van der Waals surface area contributed by atoms with Gasteiger partial charge in [0.25, 0.3) is 0 Å². The predicted molar refractivity (Wildman–Crippen MR) is 114 cm³/mol. The normalized spacial score (nSPS) is 19.1. The third-order valence-corrected chi connectivity index (χ3v) is 7.53. The first-order valence-electron chi connectivity index (χ1n) is 10.6. The lowest BCUT2D eigenvalue weighted by atomic mass is 10.0. The zero-order valence-electron chi connectivity index (χ0n) is 17.7. The first kappa shape index (κ1) is 23.5. The Morgan fingerprint density at radius 2 is 1.58 bits per heavy atom. The number of benzene rings is 2. The number of hydrogen-bond donors (Lipinski definition) is 1. The number of ether oxygens (including phenoxy) is 1. The Balaban J connectivity index is 1.44. The number of alkyl halides is 3. The van der Waals surface area contributed by atoms with Gasteiger partial charge in [0, 0.05) is 32.2 Å². The highest BCUT2D eigenvalue weighted by Crippen LogP contribution is 2.28. The van der Waals surface area contributed by atoms with Crippen LogP contribution in [0.1, 0.15) is 24.4 Å². The van der Waals surface area contributed by atoms with Crippen molar-refractivity contribution in [2.45, 2.75) is 36.2 Å². The van der Waals surface area contributed by atoms with Gasteiger partial charge in [-0.05, 0) is 42.7 Å².